The standard InChI is InChI=1S/C8H19N.C4H2O3/c1-7(2,3)6-8(4,5)9;5-3-1-2-4(6)7-3/h6,9H2,1-5H3;1-2H. The summed E-state index contributed by atoms with van der Waals surface area (Å²) in [6.45, 7) is 10.8. The highest BCUT2D eigenvalue weighted by Crippen LogP contribution is 2.24. The molecule has 0 fully saturated rings. The summed E-state index contributed by atoms with van der Waals surface area (Å²) in [5.41, 5.74) is 6.17. The Morgan fingerprint density at radius 2 is 1.44 bits per heavy atom. The number of hydrogen-bond acceptors (Lipinski definition) is 4. The average molecular weight is 227 g/mol. The Kier molecular flexibility index (Phi) is 4.87. The molecule has 0 radical (unpaired) electrons. The fourth-order valence-corrected chi connectivity index (χ4v) is 1.67. The Labute approximate surface area is 96.8 Å². The lowest BCUT2D eigenvalue weighted by molar-refractivity contribution is -0.150. The summed E-state index contributed by atoms with van der Waals surface area (Å²) >= 11 is 0. The van der Waals surface area contributed by atoms with Crippen LogP contribution in [0.3, 0.4) is 0 Å². The van der Waals surface area contributed by atoms with Gasteiger partial charge in [0.2, 0.25) is 0 Å². The maximum atomic E-state index is 9.92. The molecule has 4 heteroatoms. The van der Waals surface area contributed by atoms with Crippen molar-refractivity contribution in [2.75, 3.05) is 0 Å². The van der Waals surface area contributed by atoms with E-state index in [2.05, 4.69) is 39.4 Å². The van der Waals surface area contributed by atoms with Gasteiger partial charge in [0, 0.05) is 17.7 Å². The van der Waals surface area contributed by atoms with Gasteiger partial charge in [-0.25, -0.2) is 9.59 Å². The lowest BCUT2D eigenvalue weighted by Gasteiger charge is -2.28. The zero-order valence-corrected chi connectivity index (χ0v) is 10.7. The van der Waals surface area contributed by atoms with Crippen LogP contribution in [0, 0.1) is 5.41 Å². The van der Waals surface area contributed by atoms with E-state index in [1.54, 1.807) is 0 Å². The molecular formula is C12H21NO3. The summed E-state index contributed by atoms with van der Waals surface area (Å²) in [6, 6.07) is 0. The van der Waals surface area contributed by atoms with E-state index in [0.29, 0.717) is 5.41 Å². The van der Waals surface area contributed by atoms with Crippen LogP contribution in [0.5, 0.6) is 0 Å². The molecule has 0 bridgehead atoms. The molecule has 1 aliphatic heterocycles. The van der Waals surface area contributed by atoms with Gasteiger partial charge in [0.25, 0.3) is 0 Å². The zero-order chi connectivity index (χ0) is 13.0. The summed E-state index contributed by atoms with van der Waals surface area (Å²) in [4.78, 5) is 19.8. The topological polar surface area (TPSA) is 69.4 Å². The number of rotatable bonds is 1. The first kappa shape index (κ1) is 14.8. The van der Waals surface area contributed by atoms with E-state index in [1.807, 2.05) is 0 Å². The van der Waals surface area contributed by atoms with Crippen molar-refractivity contribution >= 4 is 11.9 Å². The number of ether oxygens (including phenoxy) is 1. The number of nitrogens with two attached hydrogens (primary N) is 1. The van der Waals surface area contributed by atoms with Crippen molar-refractivity contribution in [2.24, 2.45) is 11.1 Å². The van der Waals surface area contributed by atoms with E-state index in [-0.39, 0.29) is 5.54 Å². The van der Waals surface area contributed by atoms with Crippen LogP contribution in [0.2, 0.25) is 0 Å². The maximum absolute atomic E-state index is 9.92. The first-order chi connectivity index (χ1) is 6.99. The predicted molar refractivity (Wildman–Crippen MR) is 62.6 cm³/mol. The molecule has 0 aliphatic carbocycles. The van der Waals surface area contributed by atoms with Gasteiger partial charge >= 0.3 is 11.9 Å². The third-order valence-corrected chi connectivity index (χ3v) is 1.54. The third-order valence-electron chi connectivity index (χ3n) is 1.54. The highest BCUT2D eigenvalue weighted by atomic mass is 16.6. The van der Waals surface area contributed by atoms with Gasteiger partial charge in [0.1, 0.15) is 0 Å². The Bertz CT molecular complexity index is 264. The maximum Gasteiger partial charge on any atom is 0.338 e. The van der Waals surface area contributed by atoms with Gasteiger partial charge in [-0.15, -0.1) is 0 Å². The Morgan fingerprint density at radius 1 is 1.06 bits per heavy atom. The lowest BCUT2D eigenvalue weighted by atomic mass is 9.82. The van der Waals surface area contributed by atoms with Gasteiger partial charge in [-0.2, -0.15) is 0 Å². The quantitative estimate of drug-likeness (QED) is 0.547. The van der Waals surface area contributed by atoms with Crippen LogP contribution in [-0.4, -0.2) is 17.5 Å². The highest BCUT2D eigenvalue weighted by Gasteiger charge is 2.20. The summed E-state index contributed by atoms with van der Waals surface area (Å²) in [5, 5.41) is 0. The van der Waals surface area contributed by atoms with E-state index >= 15 is 0 Å². The first-order valence-corrected chi connectivity index (χ1v) is 5.22. The van der Waals surface area contributed by atoms with Gasteiger partial charge in [-0.1, -0.05) is 20.8 Å². The van der Waals surface area contributed by atoms with Crippen molar-refractivity contribution in [3.8, 4) is 0 Å². The molecule has 1 aliphatic rings. The molecule has 92 valence electrons. The molecule has 16 heavy (non-hydrogen) atoms. The summed E-state index contributed by atoms with van der Waals surface area (Å²) in [6.07, 6.45) is 3.24. The van der Waals surface area contributed by atoms with Crippen LogP contribution in [0.4, 0.5) is 0 Å². The minimum atomic E-state index is -0.579. The number of carbonyl (C=O) groups is 2. The first-order valence-electron chi connectivity index (χ1n) is 5.22. The van der Waals surface area contributed by atoms with Crippen LogP contribution in [0.1, 0.15) is 41.0 Å². The van der Waals surface area contributed by atoms with Crippen molar-refractivity contribution < 1.29 is 14.3 Å². The smallest absolute Gasteiger partial charge is 0.338 e. The molecule has 0 aromatic heterocycles. The van der Waals surface area contributed by atoms with Gasteiger partial charge in [-0.05, 0) is 25.7 Å². The molecule has 4 nitrogen and oxygen atoms in total. The molecule has 2 N–H and O–H groups in total. The molecule has 0 saturated heterocycles. The molecule has 1 rings (SSSR count). The second-order valence-corrected chi connectivity index (χ2v) is 5.80. The zero-order valence-electron chi connectivity index (χ0n) is 10.7. The molecule has 0 unspecified atom stereocenters. The van der Waals surface area contributed by atoms with E-state index in [4.69, 9.17) is 5.73 Å². The minimum Gasteiger partial charge on any atom is -0.387 e. The SMILES string of the molecule is CC(C)(C)CC(C)(C)N.O=C1C=CC(=O)O1. The van der Waals surface area contributed by atoms with E-state index < -0.39 is 11.9 Å². The summed E-state index contributed by atoms with van der Waals surface area (Å²) in [7, 11) is 0. The third kappa shape index (κ3) is 9.40. The molecule has 0 spiro atoms. The fraction of sp³-hybridized carbons (Fsp3) is 0.667. The molecule has 0 atom stereocenters. The predicted octanol–water partition coefficient (Wildman–Crippen LogP) is 1.79. The van der Waals surface area contributed by atoms with Crippen molar-refractivity contribution in [1.82, 2.24) is 0 Å². The van der Waals surface area contributed by atoms with E-state index in [9.17, 15) is 9.59 Å². The van der Waals surface area contributed by atoms with Crippen molar-refractivity contribution in [3.05, 3.63) is 12.2 Å². The van der Waals surface area contributed by atoms with Gasteiger partial charge < -0.3 is 10.5 Å². The Balaban J connectivity index is 0.000000288. The monoisotopic (exact) mass is 227 g/mol. The van der Waals surface area contributed by atoms with Crippen LogP contribution >= 0.6 is 0 Å². The number of carbonyl (C=O) groups excluding carboxylic acids is 2. The molecular weight excluding hydrogens is 206 g/mol. The van der Waals surface area contributed by atoms with E-state index in [0.717, 1.165) is 18.6 Å². The van der Waals surface area contributed by atoms with Crippen LogP contribution < -0.4 is 5.73 Å². The van der Waals surface area contributed by atoms with Crippen molar-refractivity contribution in [1.29, 1.82) is 0 Å². The van der Waals surface area contributed by atoms with Crippen LogP contribution in [0.15, 0.2) is 12.2 Å². The molecule has 0 aromatic rings. The van der Waals surface area contributed by atoms with E-state index in [1.165, 1.54) is 0 Å². The summed E-state index contributed by atoms with van der Waals surface area (Å²) in [5.74, 6) is -1.16. The largest absolute Gasteiger partial charge is 0.387 e. The van der Waals surface area contributed by atoms with Gasteiger partial charge in [0.15, 0.2) is 0 Å². The molecule has 1 heterocycles. The highest BCUT2D eigenvalue weighted by molar-refractivity contribution is 6.04. The second kappa shape index (κ2) is 5.25. The lowest BCUT2D eigenvalue weighted by Crippen LogP contribution is -2.36. The molecule has 0 saturated carbocycles. The van der Waals surface area contributed by atoms with Gasteiger partial charge in [-0.3, -0.25) is 0 Å². The van der Waals surface area contributed by atoms with Crippen molar-refractivity contribution in [3.63, 3.8) is 0 Å². The molecule has 0 aromatic carbocycles. The fourth-order valence-electron chi connectivity index (χ4n) is 1.67. The number of cyclic esters (lactones) is 2. The second-order valence-electron chi connectivity index (χ2n) is 5.80. The number of hydrogen-bond donors (Lipinski definition) is 1. The van der Waals surface area contributed by atoms with Crippen LogP contribution in [-0.2, 0) is 14.3 Å². The van der Waals surface area contributed by atoms with Gasteiger partial charge in [0.05, 0.1) is 0 Å². The Morgan fingerprint density at radius 3 is 1.50 bits per heavy atom. The number of esters is 2. The van der Waals surface area contributed by atoms with Crippen molar-refractivity contribution in [2.45, 2.75) is 46.6 Å². The Hall–Kier alpha value is -1.16. The average Bonchev–Trinajstić information content (AvgIpc) is 2.26. The molecule has 0 amide bonds. The normalized spacial score (nSPS) is 15.6. The van der Waals surface area contributed by atoms with Crippen LogP contribution in [0.25, 0.3) is 0 Å². The minimum absolute atomic E-state index is 0.0156. The summed E-state index contributed by atoms with van der Waals surface area (Å²) < 4.78 is 3.97.